The molecule has 4 heteroatoms. The normalized spacial score (nSPS) is 10.6. The Balaban J connectivity index is 2.12. The molecule has 0 spiro atoms. The highest BCUT2D eigenvalue weighted by Crippen LogP contribution is 2.22. The van der Waals surface area contributed by atoms with Crippen LogP contribution in [-0.2, 0) is 0 Å². The Labute approximate surface area is 136 Å². The molecule has 0 aliphatic heterocycles. The number of anilines is 1. The zero-order valence-electron chi connectivity index (χ0n) is 13.0. The number of halogens is 1. The van der Waals surface area contributed by atoms with Crippen molar-refractivity contribution in [2.24, 2.45) is 5.92 Å². The third kappa shape index (κ3) is 4.50. The molecule has 2 rings (SSSR count). The quantitative estimate of drug-likeness (QED) is 0.848. The van der Waals surface area contributed by atoms with Crippen molar-refractivity contribution >= 4 is 23.2 Å². The van der Waals surface area contributed by atoms with E-state index in [0.717, 1.165) is 5.56 Å². The van der Waals surface area contributed by atoms with Gasteiger partial charge in [-0.2, -0.15) is 0 Å². The van der Waals surface area contributed by atoms with Crippen LogP contribution in [0, 0.1) is 12.8 Å². The zero-order chi connectivity index (χ0) is 16.1. The molecule has 1 amide bonds. The topological polar surface area (TPSA) is 38.3 Å². The number of hydrogen-bond acceptors (Lipinski definition) is 2. The number of benzene rings is 2. The van der Waals surface area contributed by atoms with Crippen LogP contribution in [0.15, 0.2) is 42.5 Å². The Morgan fingerprint density at radius 3 is 2.73 bits per heavy atom. The maximum Gasteiger partial charge on any atom is 0.255 e. The van der Waals surface area contributed by atoms with Crippen molar-refractivity contribution in [2.75, 3.05) is 11.9 Å². The second-order valence-electron chi connectivity index (χ2n) is 5.65. The number of carbonyl (C=O) groups is 1. The van der Waals surface area contributed by atoms with Crippen LogP contribution in [0.3, 0.4) is 0 Å². The number of ether oxygens (including phenoxy) is 1. The van der Waals surface area contributed by atoms with E-state index in [1.165, 1.54) is 0 Å². The highest BCUT2D eigenvalue weighted by atomic mass is 35.5. The van der Waals surface area contributed by atoms with Crippen molar-refractivity contribution in [1.82, 2.24) is 0 Å². The molecule has 0 aliphatic carbocycles. The number of rotatable bonds is 5. The van der Waals surface area contributed by atoms with Gasteiger partial charge in [-0.05, 0) is 48.7 Å². The third-order valence-corrected chi connectivity index (χ3v) is 3.36. The summed E-state index contributed by atoms with van der Waals surface area (Å²) in [4.78, 5) is 12.4. The van der Waals surface area contributed by atoms with Crippen LogP contribution in [0.25, 0.3) is 0 Å². The lowest BCUT2D eigenvalue weighted by Gasteiger charge is -2.11. The number of nitrogens with one attached hydrogen (secondary N) is 1. The highest BCUT2D eigenvalue weighted by molar-refractivity contribution is 6.31. The Morgan fingerprint density at radius 2 is 2.00 bits per heavy atom. The van der Waals surface area contributed by atoms with E-state index < -0.39 is 0 Å². The molecule has 0 fully saturated rings. The van der Waals surface area contributed by atoms with Crippen molar-refractivity contribution in [2.45, 2.75) is 20.8 Å². The van der Waals surface area contributed by atoms with Gasteiger partial charge in [0.2, 0.25) is 0 Å². The molecule has 0 saturated carbocycles. The molecule has 0 atom stereocenters. The van der Waals surface area contributed by atoms with Crippen molar-refractivity contribution in [3.8, 4) is 5.75 Å². The van der Waals surface area contributed by atoms with Crippen molar-refractivity contribution in [1.29, 1.82) is 0 Å². The fraction of sp³-hybridized carbons (Fsp3) is 0.278. The van der Waals surface area contributed by atoms with Crippen LogP contribution in [0.4, 0.5) is 5.69 Å². The summed E-state index contributed by atoms with van der Waals surface area (Å²) in [7, 11) is 0. The van der Waals surface area contributed by atoms with Gasteiger partial charge in [-0.3, -0.25) is 4.79 Å². The Hall–Kier alpha value is -2.00. The largest absolute Gasteiger partial charge is 0.493 e. The molecule has 2 aromatic carbocycles. The predicted octanol–water partition coefficient (Wildman–Crippen LogP) is 4.94. The Bertz CT molecular complexity index is 668. The first-order valence-electron chi connectivity index (χ1n) is 7.26. The van der Waals surface area contributed by atoms with Gasteiger partial charge in [0.1, 0.15) is 5.75 Å². The summed E-state index contributed by atoms with van der Waals surface area (Å²) in [6.07, 6.45) is 0. The molecule has 3 nitrogen and oxygen atoms in total. The third-order valence-electron chi connectivity index (χ3n) is 3.13. The van der Waals surface area contributed by atoms with Crippen LogP contribution in [-0.4, -0.2) is 12.5 Å². The van der Waals surface area contributed by atoms with Crippen molar-refractivity contribution in [3.05, 3.63) is 58.6 Å². The lowest BCUT2D eigenvalue weighted by Crippen LogP contribution is -2.13. The van der Waals surface area contributed by atoms with Gasteiger partial charge < -0.3 is 10.1 Å². The van der Waals surface area contributed by atoms with E-state index in [-0.39, 0.29) is 5.91 Å². The molecule has 0 bridgehead atoms. The molecule has 1 N–H and O–H groups in total. The van der Waals surface area contributed by atoms with E-state index >= 15 is 0 Å². The first-order valence-corrected chi connectivity index (χ1v) is 7.64. The number of carbonyl (C=O) groups excluding carboxylic acids is 1. The lowest BCUT2D eigenvalue weighted by atomic mass is 10.1. The maximum atomic E-state index is 12.4. The van der Waals surface area contributed by atoms with E-state index in [1.54, 1.807) is 24.3 Å². The minimum absolute atomic E-state index is 0.180. The number of aryl methyl sites for hydroxylation is 1. The minimum Gasteiger partial charge on any atom is -0.493 e. The molecular weight excluding hydrogens is 298 g/mol. The molecule has 22 heavy (non-hydrogen) atoms. The van der Waals surface area contributed by atoms with Crippen LogP contribution >= 0.6 is 11.6 Å². The van der Waals surface area contributed by atoms with Crippen LogP contribution in [0.1, 0.15) is 29.8 Å². The second kappa shape index (κ2) is 7.32. The Kier molecular flexibility index (Phi) is 5.45. The summed E-state index contributed by atoms with van der Waals surface area (Å²) < 4.78 is 5.65. The van der Waals surface area contributed by atoms with Crippen molar-refractivity contribution < 1.29 is 9.53 Å². The molecule has 0 unspecified atom stereocenters. The van der Waals surface area contributed by atoms with E-state index in [4.69, 9.17) is 16.3 Å². The molecule has 0 heterocycles. The SMILES string of the molecule is Cc1ccc(Cl)cc1NC(=O)c1cccc(OCC(C)C)c1. The van der Waals surface area contributed by atoms with E-state index in [0.29, 0.717) is 34.5 Å². The van der Waals surface area contributed by atoms with E-state index in [2.05, 4.69) is 19.2 Å². The Morgan fingerprint density at radius 1 is 1.23 bits per heavy atom. The first kappa shape index (κ1) is 16.4. The van der Waals surface area contributed by atoms with Gasteiger partial charge in [0.15, 0.2) is 0 Å². The summed E-state index contributed by atoms with van der Waals surface area (Å²) >= 11 is 5.97. The first-order chi connectivity index (χ1) is 10.5. The van der Waals surface area contributed by atoms with Gasteiger partial charge in [-0.15, -0.1) is 0 Å². The highest BCUT2D eigenvalue weighted by Gasteiger charge is 2.09. The predicted molar refractivity (Wildman–Crippen MR) is 90.9 cm³/mol. The molecule has 116 valence electrons. The van der Waals surface area contributed by atoms with Gasteiger partial charge in [0.05, 0.1) is 6.61 Å². The van der Waals surface area contributed by atoms with Crippen molar-refractivity contribution in [3.63, 3.8) is 0 Å². The van der Waals surface area contributed by atoms with Gasteiger partial charge in [0, 0.05) is 16.3 Å². The molecular formula is C18H20ClNO2. The van der Waals surface area contributed by atoms with Gasteiger partial charge >= 0.3 is 0 Å². The van der Waals surface area contributed by atoms with Gasteiger partial charge in [0.25, 0.3) is 5.91 Å². The van der Waals surface area contributed by atoms with E-state index in [9.17, 15) is 4.79 Å². The van der Waals surface area contributed by atoms with Crippen LogP contribution < -0.4 is 10.1 Å². The molecule has 0 saturated heterocycles. The van der Waals surface area contributed by atoms with Gasteiger partial charge in [-0.25, -0.2) is 0 Å². The summed E-state index contributed by atoms with van der Waals surface area (Å²) in [5, 5.41) is 3.47. The summed E-state index contributed by atoms with van der Waals surface area (Å²) in [5.74, 6) is 0.955. The van der Waals surface area contributed by atoms with E-state index in [1.807, 2.05) is 25.1 Å². The zero-order valence-corrected chi connectivity index (χ0v) is 13.8. The monoisotopic (exact) mass is 317 g/mol. The molecule has 0 aliphatic rings. The number of amides is 1. The maximum absolute atomic E-state index is 12.4. The van der Waals surface area contributed by atoms with Crippen LogP contribution in [0.2, 0.25) is 5.02 Å². The summed E-state index contributed by atoms with van der Waals surface area (Å²) in [5.41, 5.74) is 2.23. The van der Waals surface area contributed by atoms with Gasteiger partial charge in [-0.1, -0.05) is 37.6 Å². The lowest BCUT2D eigenvalue weighted by molar-refractivity contribution is 0.102. The molecule has 0 aromatic heterocycles. The summed E-state index contributed by atoms with van der Waals surface area (Å²) in [6, 6.07) is 12.6. The smallest absolute Gasteiger partial charge is 0.255 e. The average molecular weight is 318 g/mol. The number of hydrogen-bond donors (Lipinski definition) is 1. The second-order valence-corrected chi connectivity index (χ2v) is 6.08. The fourth-order valence-corrected chi connectivity index (χ4v) is 2.09. The standard InChI is InChI=1S/C18H20ClNO2/c1-12(2)11-22-16-6-4-5-14(9-16)18(21)20-17-10-15(19)8-7-13(17)3/h4-10,12H,11H2,1-3H3,(H,20,21). The molecule has 0 radical (unpaired) electrons. The fourth-order valence-electron chi connectivity index (χ4n) is 1.91. The van der Waals surface area contributed by atoms with Crippen LogP contribution in [0.5, 0.6) is 5.75 Å². The average Bonchev–Trinajstić information content (AvgIpc) is 2.49. The summed E-state index contributed by atoms with van der Waals surface area (Å²) in [6.45, 7) is 6.71. The minimum atomic E-state index is -0.180. The molecule has 2 aromatic rings.